The summed E-state index contributed by atoms with van der Waals surface area (Å²) in [5.41, 5.74) is 0.161. The molecule has 438 valence electrons. The standard InChI is InChI=1S/C18H22O9.C17H20O9.C16H15F3O8/c1-8(2)16(20)25-7-11(19)26-14-9-6-10-13(18(22)27-15(10)14)12(9)17(21)24-5-4-23-3;1-3-10(18)24-7-11(19)25-14-8-6-9-13(17(21)26-15(9)14)12(8)16(20)23-5-4-22-2;1-2-8(20)24-4-9(21)26-12-6-3-7-11(15(23)27-13(7)12)10(6)14(22)25-5-16(17,18)19/h9-10,12-15H,1,4-7H2,2-3H3;3,8-9,12-15H,1,4-7H2,2H3;2,6-7,10-13H,1,3-5H2. The first-order chi connectivity index (χ1) is 37.9. The molecule has 26 nitrogen and oxygen atoms in total. The van der Waals surface area contributed by atoms with Gasteiger partial charge in [-0.05, 0) is 26.2 Å². The molecular weight excluding hydrogens is 1090 g/mol. The van der Waals surface area contributed by atoms with Gasteiger partial charge < -0.3 is 66.3 Å². The van der Waals surface area contributed by atoms with E-state index in [-0.39, 0.29) is 62.1 Å². The number of halogens is 3. The van der Waals surface area contributed by atoms with Crippen LogP contribution in [0, 0.1) is 71.0 Å². The Hall–Kier alpha value is -7.43. The molecule has 18 unspecified atom stereocenters. The molecule has 0 spiro atoms. The molecule has 6 bridgehead atoms. The Kier molecular flexibility index (Phi) is 19.1. The minimum atomic E-state index is -4.70. The Labute approximate surface area is 452 Å². The van der Waals surface area contributed by atoms with E-state index in [1.165, 1.54) is 21.1 Å². The van der Waals surface area contributed by atoms with Crippen LogP contribution in [0.4, 0.5) is 13.2 Å². The van der Waals surface area contributed by atoms with E-state index in [4.69, 9.17) is 52.1 Å². The summed E-state index contributed by atoms with van der Waals surface area (Å²) in [5, 5.41) is 0. The molecule has 80 heavy (non-hydrogen) atoms. The Morgan fingerprint density at radius 2 is 0.838 bits per heavy atom. The SMILES string of the molecule is C=C(C)C(=O)OCC(=O)OC1C2CC3C1OC(=O)C3C2C(=O)OCCOC.C=CC(=O)OCC(=O)OC1C2CC3C1OC(=O)C3C2C(=O)OCC(F)(F)F.C=CC(=O)OCC(=O)OC1C2CC3C1OC(=O)C3C2C(=O)OCCOC. The molecule has 0 aromatic carbocycles. The fraction of sp³-hybridized carbons (Fsp3) is 0.647. The third kappa shape index (κ3) is 12.8. The zero-order chi connectivity index (χ0) is 58.5. The van der Waals surface area contributed by atoms with Crippen LogP contribution >= 0.6 is 0 Å². The molecule has 9 fully saturated rings. The summed E-state index contributed by atoms with van der Waals surface area (Å²) in [4.78, 5) is 143. The van der Waals surface area contributed by atoms with Crippen molar-refractivity contribution in [3.05, 3.63) is 37.5 Å². The Morgan fingerprint density at radius 3 is 1.14 bits per heavy atom. The molecule has 29 heteroatoms. The molecule has 0 aromatic heterocycles. The van der Waals surface area contributed by atoms with E-state index in [1.54, 1.807) is 0 Å². The first-order valence-electron chi connectivity index (χ1n) is 25.1. The van der Waals surface area contributed by atoms with E-state index in [0.717, 1.165) is 12.2 Å². The van der Waals surface area contributed by atoms with Crippen LogP contribution in [-0.4, -0.2) is 182 Å². The topological polar surface area (TPSA) is 334 Å². The summed E-state index contributed by atoms with van der Waals surface area (Å²) in [6, 6.07) is 0. The fourth-order valence-corrected chi connectivity index (χ4v) is 12.5. The zero-order valence-electron chi connectivity index (χ0n) is 43.2. The van der Waals surface area contributed by atoms with Crippen molar-refractivity contribution in [2.75, 3.05) is 67.1 Å². The van der Waals surface area contributed by atoms with Gasteiger partial charge in [0.2, 0.25) is 0 Å². The highest BCUT2D eigenvalue weighted by Crippen LogP contribution is 2.61. The van der Waals surface area contributed by atoms with Gasteiger partial charge in [-0.3, -0.25) is 28.8 Å². The summed E-state index contributed by atoms with van der Waals surface area (Å²) in [6.45, 7) is 8.28. The van der Waals surface area contributed by atoms with Gasteiger partial charge in [0.05, 0.1) is 48.7 Å². The number of rotatable bonds is 22. The van der Waals surface area contributed by atoms with Gasteiger partial charge in [-0.2, -0.15) is 13.2 Å². The summed E-state index contributed by atoms with van der Waals surface area (Å²) < 4.78 is 107. The lowest BCUT2D eigenvalue weighted by atomic mass is 9.78. The number of alkyl halides is 3. The van der Waals surface area contributed by atoms with Crippen LogP contribution in [0.15, 0.2) is 37.5 Å². The number of ether oxygens (including phenoxy) is 14. The van der Waals surface area contributed by atoms with E-state index >= 15 is 0 Å². The average molecular weight is 1140 g/mol. The highest BCUT2D eigenvalue weighted by atomic mass is 19.4. The van der Waals surface area contributed by atoms with Gasteiger partial charge in [0.15, 0.2) is 26.4 Å². The Balaban J connectivity index is 0.000000173. The minimum Gasteiger partial charge on any atom is -0.463 e. The highest BCUT2D eigenvalue weighted by Gasteiger charge is 2.72. The normalized spacial score (nSPS) is 33.2. The van der Waals surface area contributed by atoms with Crippen molar-refractivity contribution in [1.29, 1.82) is 0 Å². The van der Waals surface area contributed by atoms with Gasteiger partial charge in [-0.25, -0.2) is 28.8 Å². The van der Waals surface area contributed by atoms with Crippen molar-refractivity contribution in [2.24, 2.45) is 71.0 Å². The summed E-state index contributed by atoms with van der Waals surface area (Å²) >= 11 is 0. The lowest BCUT2D eigenvalue weighted by molar-refractivity contribution is -0.193. The number of carbonyl (C=O) groups is 12. The van der Waals surface area contributed by atoms with Crippen LogP contribution in [0.5, 0.6) is 0 Å². The molecule has 0 aromatic rings. The number of esters is 12. The third-order valence-electron chi connectivity index (χ3n) is 15.4. The quantitative estimate of drug-likeness (QED) is 0.0604. The van der Waals surface area contributed by atoms with E-state index in [1.807, 2.05) is 0 Å². The summed E-state index contributed by atoms with van der Waals surface area (Å²) in [6.07, 6.45) is -6.02. The van der Waals surface area contributed by atoms with Gasteiger partial charge in [-0.15, -0.1) is 0 Å². The molecule has 6 saturated carbocycles. The number of fused-ring (bicyclic) bond motifs is 3. The van der Waals surface area contributed by atoms with E-state index in [9.17, 15) is 70.7 Å². The van der Waals surface area contributed by atoms with Crippen LogP contribution in [0.2, 0.25) is 0 Å². The molecule has 0 radical (unpaired) electrons. The fourth-order valence-electron chi connectivity index (χ4n) is 12.5. The van der Waals surface area contributed by atoms with E-state index in [0.29, 0.717) is 12.8 Å². The van der Waals surface area contributed by atoms with Crippen molar-refractivity contribution in [3.63, 3.8) is 0 Å². The monoisotopic (exact) mass is 1140 g/mol. The van der Waals surface area contributed by atoms with Gasteiger partial charge >= 0.3 is 77.8 Å². The molecular formula is C51H57F3O26. The second-order valence-electron chi connectivity index (χ2n) is 19.9. The summed E-state index contributed by atoms with van der Waals surface area (Å²) in [7, 11) is 2.97. The van der Waals surface area contributed by atoms with Gasteiger partial charge in [0.25, 0.3) is 0 Å². The third-order valence-corrected chi connectivity index (χ3v) is 15.4. The Morgan fingerprint density at radius 1 is 0.512 bits per heavy atom. The smallest absolute Gasteiger partial charge is 0.422 e. The van der Waals surface area contributed by atoms with Crippen LogP contribution in [0.3, 0.4) is 0 Å². The highest BCUT2D eigenvalue weighted by molar-refractivity contribution is 5.90. The molecule has 0 N–H and O–H groups in total. The molecule has 9 aliphatic rings. The molecule has 3 aliphatic heterocycles. The second-order valence-corrected chi connectivity index (χ2v) is 19.9. The molecule has 6 aliphatic carbocycles. The number of hydrogen-bond donors (Lipinski definition) is 0. The van der Waals surface area contributed by atoms with Crippen LogP contribution in [0.1, 0.15) is 26.2 Å². The molecule has 3 heterocycles. The predicted octanol–water partition coefficient (Wildman–Crippen LogP) is 0.180. The summed E-state index contributed by atoms with van der Waals surface area (Å²) in [5.74, 6) is -15.5. The minimum absolute atomic E-state index is 0.0791. The maximum Gasteiger partial charge on any atom is 0.422 e. The van der Waals surface area contributed by atoms with Crippen LogP contribution in [-0.2, 0) is 124 Å². The maximum absolute atomic E-state index is 12.5. The average Bonchev–Trinajstić information content (AvgIpc) is 4.51. The van der Waals surface area contributed by atoms with Gasteiger partial charge in [-0.1, -0.05) is 19.7 Å². The number of methoxy groups -OCH3 is 2. The van der Waals surface area contributed by atoms with Crippen molar-refractivity contribution >= 4 is 71.6 Å². The van der Waals surface area contributed by atoms with E-state index < -0.39 is 188 Å². The van der Waals surface area contributed by atoms with Crippen molar-refractivity contribution in [2.45, 2.75) is 69.0 Å². The van der Waals surface area contributed by atoms with Crippen LogP contribution in [0.25, 0.3) is 0 Å². The largest absolute Gasteiger partial charge is 0.463 e. The predicted molar refractivity (Wildman–Crippen MR) is 246 cm³/mol. The van der Waals surface area contributed by atoms with E-state index in [2.05, 4.69) is 33.9 Å². The van der Waals surface area contributed by atoms with Gasteiger partial charge in [0, 0.05) is 67.5 Å². The number of carbonyl (C=O) groups excluding carboxylic acids is 12. The first-order valence-corrected chi connectivity index (χ1v) is 25.1. The molecule has 18 atom stereocenters. The van der Waals surface area contributed by atoms with Crippen molar-refractivity contribution in [1.82, 2.24) is 0 Å². The maximum atomic E-state index is 12.5. The molecule has 9 rings (SSSR count). The van der Waals surface area contributed by atoms with Crippen LogP contribution < -0.4 is 0 Å². The zero-order valence-corrected chi connectivity index (χ0v) is 43.2. The lowest BCUT2D eigenvalue weighted by Crippen LogP contribution is -2.44. The van der Waals surface area contributed by atoms with Crippen molar-refractivity contribution < 1.29 is 137 Å². The molecule has 3 saturated heterocycles. The van der Waals surface area contributed by atoms with Crippen molar-refractivity contribution in [3.8, 4) is 0 Å². The van der Waals surface area contributed by atoms with Gasteiger partial charge in [0.1, 0.15) is 49.8 Å². The second kappa shape index (κ2) is 25.4. The number of hydrogen-bond acceptors (Lipinski definition) is 26. The Bertz CT molecular complexity index is 2530. The molecule has 0 amide bonds. The lowest BCUT2D eigenvalue weighted by Gasteiger charge is -2.30. The first kappa shape index (κ1) is 60.2.